The molecule has 0 bridgehead atoms. The Labute approximate surface area is 110 Å². The monoisotopic (exact) mass is 252 g/mol. The van der Waals surface area contributed by atoms with E-state index >= 15 is 0 Å². The van der Waals surface area contributed by atoms with Crippen LogP contribution in [-0.2, 0) is 0 Å². The third kappa shape index (κ3) is 4.07. The lowest BCUT2D eigenvalue weighted by Gasteiger charge is -2.31. The zero-order valence-electron chi connectivity index (χ0n) is 11.9. The first-order chi connectivity index (χ1) is 8.57. The minimum atomic E-state index is -0.120. The van der Waals surface area contributed by atoms with E-state index < -0.39 is 0 Å². The molecule has 0 aromatic heterocycles. The molecule has 2 atom stereocenters. The SMILES string of the molecule is CCCNCC(C)N(C)C(C)c1ccccc1F. The van der Waals surface area contributed by atoms with Crippen LogP contribution in [0.15, 0.2) is 24.3 Å². The maximum Gasteiger partial charge on any atom is 0.127 e. The van der Waals surface area contributed by atoms with Crippen LogP contribution in [0.1, 0.15) is 38.8 Å². The average molecular weight is 252 g/mol. The van der Waals surface area contributed by atoms with Crippen LogP contribution in [0.4, 0.5) is 4.39 Å². The first-order valence-corrected chi connectivity index (χ1v) is 6.75. The molecule has 0 saturated carbocycles. The maximum absolute atomic E-state index is 13.7. The van der Waals surface area contributed by atoms with Crippen LogP contribution in [0.5, 0.6) is 0 Å². The van der Waals surface area contributed by atoms with Gasteiger partial charge in [0, 0.05) is 24.2 Å². The molecule has 0 fully saturated rings. The summed E-state index contributed by atoms with van der Waals surface area (Å²) in [6, 6.07) is 7.49. The van der Waals surface area contributed by atoms with Gasteiger partial charge in [0.25, 0.3) is 0 Å². The summed E-state index contributed by atoms with van der Waals surface area (Å²) in [6.07, 6.45) is 1.14. The quantitative estimate of drug-likeness (QED) is 0.750. The van der Waals surface area contributed by atoms with Crippen LogP contribution in [-0.4, -0.2) is 31.1 Å². The number of halogens is 1. The fraction of sp³-hybridized carbons (Fsp3) is 0.600. The summed E-state index contributed by atoms with van der Waals surface area (Å²) in [4.78, 5) is 2.21. The molecule has 1 aromatic carbocycles. The van der Waals surface area contributed by atoms with Gasteiger partial charge in [0.05, 0.1) is 0 Å². The molecule has 0 amide bonds. The molecular formula is C15H25FN2. The van der Waals surface area contributed by atoms with Gasteiger partial charge >= 0.3 is 0 Å². The van der Waals surface area contributed by atoms with Crippen molar-refractivity contribution in [3.05, 3.63) is 35.6 Å². The molecule has 0 saturated heterocycles. The number of hydrogen-bond donors (Lipinski definition) is 1. The van der Waals surface area contributed by atoms with E-state index in [1.54, 1.807) is 6.07 Å². The zero-order chi connectivity index (χ0) is 13.5. The van der Waals surface area contributed by atoms with Crippen LogP contribution in [0.3, 0.4) is 0 Å². The van der Waals surface area contributed by atoms with Crippen molar-refractivity contribution in [2.75, 3.05) is 20.1 Å². The van der Waals surface area contributed by atoms with Crippen LogP contribution < -0.4 is 5.32 Å². The van der Waals surface area contributed by atoms with Crippen LogP contribution >= 0.6 is 0 Å². The Morgan fingerprint density at radius 1 is 1.28 bits per heavy atom. The topological polar surface area (TPSA) is 15.3 Å². The number of rotatable bonds is 7. The fourth-order valence-electron chi connectivity index (χ4n) is 2.05. The predicted octanol–water partition coefficient (Wildman–Crippen LogP) is 3.21. The van der Waals surface area contributed by atoms with Gasteiger partial charge in [-0.15, -0.1) is 0 Å². The second-order valence-corrected chi connectivity index (χ2v) is 4.92. The van der Waals surface area contributed by atoms with Gasteiger partial charge in [-0.3, -0.25) is 4.90 Å². The highest BCUT2D eigenvalue weighted by Crippen LogP contribution is 2.22. The van der Waals surface area contributed by atoms with Crippen molar-refractivity contribution in [3.8, 4) is 0 Å². The minimum Gasteiger partial charge on any atom is -0.315 e. The predicted molar refractivity (Wildman–Crippen MR) is 75.2 cm³/mol. The van der Waals surface area contributed by atoms with Gasteiger partial charge in [0.15, 0.2) is 0 Å². The van der Waals surface area contributed by atoms with Crippen molar-refractivity contribution in [1.82, 2.24) is 10.2 Å². The number of nitrogens with zero attached hydrogens (tertiary/aromatic N) is 1. The Balaban J connectivity index is 2.60. The second kappa shape index (κ2) is 7.49. The summed E-state index contributed by atoms with van der Waals surface area (Å²) in [7, 11) is 2.05. The van der Waals surface area contributed by atoms with Crippen molar-refractivity contribution in [2.45, 2.75) is 39.3 Å². The van der Waals surface area contributed by atoms with Gasteiger partial charge in [-0.2, -0.15) is 0 Å². The van der Waals surface area contributed by atoms with E-state index in [9.17, 15) is 4.39 Å². The molecule has 3 heteroatoms. The molecule has 0 spiro atoms. The standard InChI is InChI=1S/C15H25FN2/c1-5-10-17-11-12(2)18(4)13(3)14-8-6-7-9-15(14)16/h6-9,12-13,17H,5,10-11H2,1-4H3. The summed E-state index contributed by atoms with van der Waals surface area (Å²) >= 11 is 0. The van der Waals surface area contributed by atoms with Crippen molar-refractivity contribution >= 4 is 0 Å². The molecule has 0 aliphatic carbocycles. The Morgan fingerprint density at radius 3 is 2.56 bits per heavy atom. The van der Waals surface area contributed by atoms with Gasteiger partial charge in [0.1, 0.15) is 5.82 Å². The lowest BCUT2D eigenvalue weighted by molar-refractivity contribution is 0.190. The average Bonchev–Trinajstić information content (AvgIpc) is 2.38. The zero-order valence-corrected chi connectivity index (χ0v) is 11.9. The van der Waals surface area contributed by atoms with E-state index in [1.807, 2.05) is 12.1 Å². The van der Waals surface area contributed by atoms with Crippen LogP contribution in [0.2, 0.25) is 0 Å². The Kier molecular flexibility index (Phi) is 6.30. The minimum absolute atomic E-state index is 0.0876. The van der Waals surface area contributed by atoms with Crippen molar-refractivity contribution in [2.24, 2.45) is 0 Å². The highest BCUT2D eigenvalue weighted by Gasteiger charge is 2.19. The maximum atomic E-state index is 13.7. The molecule has 1 rings (SSSR count). The molecule has 18 heavy (non-hydrogen) atoms. The van der Waals surface area contributed by atoms with Gasteiger partial charge < -0.3 is 5.32 Å². The molecule has 0 radical (unpaired) electrons. The van der Waals surface area contributed by atoms with Gasteiger partial charge in [-0.1, -0.05) is 25.1 Å². The van der Waals surface area contributed by atoms with E-state index in [4.69, 9.17) is 0 Å². The largest absolute Gasteiger partial charge is 0.315 e. The van der Waals surface area contributed by atoms with Crippen molar-refractivity contribution in [3.63, 3.8) is 0 Å². The molecule has 102 valence electrons. The molecule has 0 aliphatic heterocycles. The number of hydrogen-bond acceptors (Lipinski definition) is 2. The van der Waals surface area contributed by atoms with E-state index in [2.05, 4.69) is 38.0 Å². The Morgan fingerprint density at radius 2 is 1.94 bits per heavy atom. The molecule has 1 N–H and O–H groups in total. The molecular weight excluding hydrogens is 227 g/mol. The second-order valence-electron chi connectivity index (χ2n) is 4.92. The molecule has 0 aliphatic rings. The lowest BCUT2D eigenvalue weighted by atomic mass is 10.1. The van der Waals surface area contributed by atoms with Crippen LogP contribution in [0, 0.1) is 5.82 Å². The summed E-state index contributed by atoms with van der Waals surface area (Å²) < 4.78 is 13.7. The lowest BCUT2D eigenvalue weighted by Crippen LogP contribution is -2.39. The number of nitrogens with one attached hydrogen (secondary N) is 1. The van der Waals surface area contributed by atoms with Crippen molar-refractivity contribution < 1.29 is 4.39 Å². The Hall–Kier alpha value is -0.930. The Bertz CT molecular complexity index is 354. The highest BCUT2D eigenvalue weighted by atomic mass is 19.1. The van der Waals surface area contributed by atoms with E-state index in [-0.39, 0.29) is 11.9 Å². The van der Waals surface area contributed by atoms with E-state index in [0.717, 1.165) is 25.1 Å². The highest BCUT2D eigenvalue weighted by molar-refractivity contribution is 5.20. The smallest absolute Gasteiger partial charge is 0.127 e. The third-order valence-electron chi connectivity index (χ3n) is 3.53. The van der Waals surface area contributed by atoms with Gasteiger partial charge in [-0.05, 0) is 39.9 Å². The molecule has 2 unspecified atom stereocenters. The fourth-order valence-corrected chi connectivity index (χ4v) is 2.05. The van der Waals surface area contributed by atoms with Gasteiger partial charge in [0.2, 0.25) is 0 Å². The summed E-state index contributed by atoms with van der Waals surface area (Å²) in [5.74, 6) is -0.120. The van der Waals surface area contributed by atoms with E-state index in [0.29, 0.717) is 6.04 Å². The number of likely N-dealkylation sites (N-methyl/N-ethyl adjacent to an activating group) is 1. The first-order valence-electron chi connectivity index (χ1n) is 6.75. The van der Waals surface area contributed by atoms with Gasteiger partial charge in [-0.25, -0.2) is 4.39 Å². The molecule has 1 aromatic rings. The summed E-state index contributed by atoms with van der Waals surface area (Å²) in [6.45, 7) is 8.34. The van der Waals surface area contributed by atoms with Crippen LogP contribution in [0.25, 0.3) is 0 Å². The normalized spacial score (nSPS) is 14.8. The number of benzene rings is 1. The third-order valence-corrected chi connectivity index (χ3v) is 3.53. The van der Waals surface area contributed by atoms with E-state index in [1.165, 1.54) is 6.07 Å². The first kappa shape index (κ1) is 15.1. The van der Waals surface area contributed by atoms with Crippen molar-refractivity contribution in [1.29, 1.82) is 0 Å². The summed E-state index contributed by atoms with van der Waals surface area (Å²) in [5, 5.41) is 3.40. The summed E-state index contributed by atoms with van der Waals surface area (Å²) in [5.41, 5.74) is 0.766. The molecule has 2 nitrogen and oxygen atoms in total. The molecule has 0 heterocycles.